The molecule has 0 bridgehead atoms. The molecule has 0 spiro atoms. The van der Waals surface area contributed by atoms with E-state index >= 15 is 0 Å². The van der Waals surface area contributed by atoms with Crippen LogP contribution in [0.15, 0.2) is 42.6 Å². The van der Waals surface area contributed by atoms with Crippen molar-refractivity contribution in [3.05, 3.63) is 65.4 Å². The van der Waals surface area contributed by atoms with Crippen LogP contribution in [-0.4, -0.2) is 31.9 Å². The van der Waals surface area contributed by atoms with Gasteiger partial charge >= 0.3 is 0 Å². The van der Waals surface area contributed by atoms with Crippen LogP contribution in [0.1, 0.15) is 42.3 Å². The quantitative estimate of drug-likeness (QED) is 0.725. The summed E-state index contributed by atoms with van der Waals surface area (Å²) in [6, 6.07) is 10.1. The number of likely N-dealkylation sites (tertiary alicyclic amines) is 1. The van der Waals surface area contributed by atoms with E-state index in [4.69, 9.17) is 4.98 Å². The molecule has 26 heavy (non-hydrogen) atoms. The third-order valence-electron chi connectivity index (χ3n) is 4.88. The van der Waals surface area contributed by atoms with Crippen LogP contribution < -0.4 is 0 Å². The minimum atomic E-state index is -0.311. The third kappa shape index (κ3) is 3.31. The van der Waals surface area contributed by atoms with Gasteiger partial charge in [0.15, 0.2) is 5.65 Å². The monoisotopic (exact) mass is 352 g/mol. The highest BCUT2D eigenvalue weighted by Crippen LogP contribution is 2.30. The molecule has 3 heterocycles. The van der Waals surface area contributed by atoms with Crippen LogP contribution in [0, 0.1) is 12.7 Å². The second kappa shape index (κ2) is 6.86. The lowest BCUT2D eigenvalue weighted by atomic mass is 9.98. The molecule has 0 radical (unpaired) electrons. The van der Waals surface area contributed by atoms with E-state index in [9.17, 15) is 9.18 Å². The Morgan fingerprint density at radius 2 is 2.15 bits per heavy atom. The maximum atomic E-state index is 13.4. The smallest absolute Gasteiger partial charge is 0.227 e. The number of aryl methyl sites for hydroxylation is 1. The maximum absolute atomic E-state index is 13.4. The SMILES string of the molecule is Cc1cc2nc([C@@H]3CCCCN3C(=O)Cc3cccc(F)c3)ccn2n1. The molecular weight excluding hydrogens is 331 g/mol. The fourth-order valence-corrected chi connectivity index (χ4v) is 3.66. The largest absolute Gasteiger partial charge is 0.334 e. The first-order chi connectivity index (χ1) is 12.6. The summed E-state index contributed by atoms with van der Waals surface area (Å²) in [5.74, 6) is -0.291. The summed E-state index contributed by atoms with van der Waals surface area (Å²) in [7, 11) is 0. The number of amides is 1. The Labute approximate surface area is 151 Å². The van der Waals surface area contributed by atoms with Gasteiger partial charge in [0, 0.05) is 18.8 Å². The van der Waals surface area contributed by atoms with E-state index in [1.54, 1.807) is 16.6 Å². The fourth-order valence-electron chi connectivity index (χ4n) is 3.66. The summed E-state index contributed by atoms with van der Waals surface area (Å²) < 4.78 is 15.2. The van der Waals surface area contributed by atoms with Crippen molar-refractivity contribution in [3.8, 4) is 0 Å². The lowest BCUT2D eigenvalue weighted by molar-refractivity contribution is -0.134. The number of hydrogen-bond acceptors (Lipinski definition) is 3. The first kappa shape index (κ1) is 16.7. The molecule has 1 aliphatic rings. The van der Waals surface area contributed by atoms with Crippen molar-refractivity contribution in [2.45, 2.75) is 38.6 Å². The second-order valence-corrected chi connectivity index (χ2v) is 6.85. The van der Waals surface area contributed by atoms with Gasteiger partial charge in [0.2, 0.25) is 5.91 Å². The van der Waals surface area contributed by atoms with Crippen LogP contribution in [0.25, 0.3) is 5.65 Å². The number of hydrogen-bond donors (Lipinski definition) is 0. The molecule has 5 nitrogen and oxygen atoms in total. The van der Waals surface area contributed by atoms with Gasteiger partial charge in [-0.3, -0.25) is 4.79 Å². The number of fused-ring (bicyclic) bond motifs is 1. The van der Waals surface area contributed by atoms with Gasteiger partial charge in [-0.1, -0.05) is 12.1 Å². The zero-order valence-corrected chi connectivity index (χ0v) is 14.7. The summed E-state index contributed by atoms with van der Waals surface area (Å²) in [5, 5.41) is 4.36. The molecule has 4 rings (SSSR count). The average Bonchev–Trinajstić information content (AvgIpc) is 3.01. The number of halogens is 1. The predicted octanol–water partition coefficient (Wildman–Crippen LogP) is 3.47. The van der Waals surface area contributed by atoms with Gasteiger partial charge in [-0.2, -0.15) is 5.10 Å². The van der Waals surface area contributed by atoms with Gasteiger partial charge in [-0.05, 0) is 49.9 Å². The summed E-state index contributed by atoms with van der Waals surface area (Å²) in [4.78, 5) is 19.5. The normalized spacial score (nSPS) is 17.6. The highest BCUT2D eigenvalue weighted by molar-refractivity contribution is 5.79. The molecule has 1 amide bonds. The van der Waals surface area contributed by atoms with Gasteiger partial charge in [0.25, 0.3) is 0 Å². The summed E-state index contributed by atoms with van der Waals surface area (Å²) in [6.45, 7) is 2.65. The van der Waals surface area contributed by atoms with Gasteiger partial charge in [-0.15, -0.1) is 0 Å². The predicted molar refractivity (Wildman–Crippen MR) is 96.1 cm³/mol. The Hall–Kier alpha value is -2.76. The molecule has 0 saturated carbocycles. The number of carbonyl (C=O) groups is 1. The molecule has 6 heteroatoms. The zero-order valence-electron chi connectivity index (χ0n) is 14.7. The van der Waals surface area contributed by atoms with E-state index in [-0.39, 0.29) is 24.2 Å². The van der Waals surface area contributed by atoms with Crippen LogP contribution >= 0.6 is 0 Å². The Bertz CT molecular complexity index is 952. The second-order valence-electron chi connectivity index (χ2n) is 6.85. The molecule has 2 aromatic heterocycles. The van der Waals surface area contributed by atoms with Crippen molar-refractivity contribution < 1.29 is 9.18 Å². The molecule has 1 fully saturated rings. The van der Waals surface area contributed by atoms with Crippen LogP contribution in [-0.2, 0) is 11.2 Å². The van der Waals surface area contributed by atoms with Crippen molar-refractivity contribution in [2.75, 3.05) is 6.54 Å². The van der Waals surface area contributed by atoms with Crippen molar-refractivity contribution in [1.29, 1.82) is 0 Å². The zero-order chi connectivity index (χ0) is 18.1. The van der Waals surface area contributed by atoms with Crippen LogP contribution in [0.4, 0.5) is 4.39 Å². The Kier molecular flexibility index (Phi) is 4.41. The number of rotatable bonds is 3. The molecule has 1 aromatic carbocycles. The van der Waals surface area contributed by atoms with Gasteiger partial charge < -0.3 is 4.90 Å². The fraction of sp³-hybridized carbons (Fsp3) is 0.350. The maximum Gasteiger partial charge on any atom is 0.227 e. The summed E-state index contributed by atoms with van der Waals surface area (Å²) >= 11 is 0. The molecule has 3 aromatic rings. The number of carbonyl (C=O) groups excluding carboxylic acids is 1. The first-order valence-corrected chi connectivity index (χ1v) is 8.97. The Morgan fingerprint density at radius 1 is 1.27 bits per heavy atom. The first-order valence-electron chi connectivity index (χ1n) is 8.97. The molecule has 0 unspecified atom stereocenters. The summed E-state index contributed by atoms with van der Waals surface area (Å²) in [6.07, 6.45) is 5.06. The highest BCUT2D eigenvalue weighted by atomic mass is 19.1. The Balaban J connectivity index is 1.59. The molecule has 0 N–H and O–H groups in total. The lowest BCUT2D eigenvalue weighted by Gasteiger charge is -2.35. The number of benzene rings is 1. The molecule has 1 saturated heterocycles. The van der Waals surface area contributed by atoms with E-state index in [0.717, 1.165) is 36.3 Å². The highest BCUT2D eigenvalue weighted by Gasteiger charge is 2.29. The van der Waals surface area contributed by atoms with Gasteiger partial charge in [0.05, 0.1) is 23.9 Å². The van der Waals surface area contributed by atoms with Crippen LogP contribution in [0.2, 0.25) is 0 Å². The summed E-state index contributed by atoms with van der Waals surface area (Å²) in [5.41, 5.74) is 3.30. The minimum absolute atomic E-state index is 0.0201. The Morgan fingerprint density at radius 3 is 3.00 bits per heavy atom. The molecule has 1 atom stereocenters. The number of aromatic nitrogens is 3. The third-order valence-corrected chi connectivity index (χ3v) is 4.88. The van der Waals surface area contributed by atoms with Crippen molar-refractivity contribution in [2.24, 2.45) is 0 Å². The molecule has 134 valence electrons. The van der Waals surface area contributed by atoms with Crippen LogP contribution in [0.3, 0.4) is 0 Å². The number of nitrogens with zero attached hydrogens (tertiary/aromatic N) is 4. The van der Waals surface area contributed by atoms with Crippen molar-refractivity contribution >= 4 is 11.6 Å². The van der Waals surface area contributed by atoms with Gasteiger partial charge in [-0.25, -0.2) is 13.9 Å². The van der Waals surface area contributed by atoms with E-state index in [1.165, 1.54) is 12.1 Å². The standard InChI is InChI=1S/C20H21FN4O/c1-14-11-19-22-17(8-10-25(19)23-14)18-7-2-3-9-24(18)20(26)13-15-5-4-6-16(21)12-15/h4-6,8,10-12,18H,2-3,7,9,13H2,1H3/t18-/m0/s1. The topological polar surface area (TPSA) is 50.5 Å². The average molecular weight is 352 g/mol. The van der Waals surface area contributed by atoms with Gasteiger partial charge in [0.1, 0.15) is 5.82 Å². The van der Waals surface area contributed by atoms with E-state index in [1.807, 2.05) is 30.2 Å². The minimum Gasteiger partial charge on any atom is -0.334 e. The molecular formula is C20H21FN4O. The molecule has 0 aliphatic carbocycles. The van der Waals surface area contributed by atoms with E-state index in [2.05, 4.69) is 5.10 Å². The van der Waals surface area contributed by atoms with Crippen LogP contribution in [0.5, 0.6) is 0 Å². The lowest BCUT2D eigenvalue weighted by Crippen LogP contribution is -2.39. The van der Waals surface area contributed by atoms with Crippen molar-refractivity contribution in [3.63, 3.8) is 0 Å². The van der Waals surface area contributed by atoms with E-state index < -0.39 is 0 Å². The molecule has 1 aliphatic heterocycles. The number of piperidine rings is 1. The van der Waals surface area contributed by atoms with E-state index in [0.29, 0.717) is 12.1 Å². The van der Waals surface area contributed by atoms with Crippen molar-refractivity contribution in [1.82, 2.24) is 19.5 Å².